The Morgan fingerprint density at radius 3 is 2.53 bits per heavy atom. The Labute approximate surface area is 180 Å². The number of unbranched alkanes of at least 4 members (excludes halogenated alkanes) is 1. The number of imidazole rings is 1. The molecule has 2 aromatic rings. The van der Waals surface area contributed by atoms with E-state index in [0.29, 0.717) is 30.4 Å². The van der Waals surface area contributed by atoms with Crippen LogP contribution >= 0.6 is 0 Å². The van der Waals surface area contributed by atoms with Crippen molar-refractivity contribution in [2.24, 2.45) is 12.8 Å². The zero-order chi connectivity index (χ0) is 24.1. The number of carbonyl (C=O) groups excluding carboxylic acids is 2. The Bertz CT molecular complexity index is 1150. The SMILES string of the molecule is Cn1c(=O)n(C2CCC(=O)NC2=O)c2cccc(C#CCCCN)c21.O=C(O)C(F)(F)F. The zero-order valence-corrected chi connectivity index (χ0v) is 17.0. The fourth-order valence-electron chi connectivity index (χ4n) is 3.12. The molecule has 172 valence electrons. The number of aryl methyl sites for hydroxylation is 1. The van der Waals surface area contributed by atoms with E-state index in [1.165, 1.54) is 9.13 Å². The van der Waals surface area contributed by atoms with Gasteiger partial charge in [0.1, 0.15) is 6.04 Å². The normalized spacial score (nSPS) is 16.0. The highest BCUT2D eigenvalue weighted by Crippen LogP contribution is 2.24. The van der Waals surface area contributed by atoms with E-state index in [1.54, 1.807) is 13.1 Å². The molecule has 4 N–H and O–H groups in total. The molecular formula is C20H21F3N4O5. The Hall–Kier alpha value is -3.59. The van der Waals surface area contributed by atoms with Crippen LogP contribution in [0.1, 0.15) is 37.3 Å². The predicted molar refractivity (Wildman–Crippen MR) is 107 cm³/mol. The first-order valence-electron chi connectivity index (χ1n) is 9.51. The number of imide groups is 1. The summed E-state index contributed by atoms with van der Waals surface area (Å²) in [7, 11) is 1.66. The summed E-state index contributed by atoms with van der Waals surface area (Å²) in [5.74, 6) is 2.66. The van der Waals surface area contributed by atoms with Gasteiger partial charge < -0.3 is 10.8 Å². The molecule has 1 saturated heterocycles. The van der Waals surface area contributed by atoms with Crippen LogP contribution in [0.4, 0.5) is 13.2 Å². The van der Waals surface area contributed by atoms with Gasteiger partial charge in [-0.25, -0.2) is 9.59 Å². The molecule has 1 aromatic heterocycles. The number of nitrogens with zero attached hydrogens (tertiary/aromatic N) is 2. The van der Waals surface area contributed by atoms with E-state index in [1.807, 2.05) is 12.1 Å². The molecule has 0 bridgehead atoms. The highest BCUT2D eigenvalue weighted by molar-refractivity contribution is 6.00. The number of aromatic nitrogens is 2. The summed E-state index contributed by atoms with van der Waals surface area (Å²) in [5, 5.41) is 9.43. The summed E-state index contributed by atoms with van der Waals surface area (Å²) in [4.78, 5) is 45.2. The number of benzene rings is 1. The van der Waals surface area contributed by atoms with Crippen molar-refractivity contribution in [2.45, 2.75) is 37.9 Å². The second kappa shape index (κ2) is 10.1. The maximum absolute atomic E-state index is 12.7. The smallest absolute Gasteiger partial charge is 0.475 e. The van der Waals surface area contributed by atoms with Gasteiger partial charge in [0.15, 0.2) is 0 Å². The van der Waals surface area contributed by atoms with Gasteiger partial charge in [-0.05, 0) is 31.5 Å². The minimum absolute atomic E-state index is 0.220. The van der Waals surface area contributed by atoms with E-state index in [4.69, 9.17) is 15.6 Å². The van der Waals surface area contributed by atoms with Crippen molar-refractivity contribution in [1.29, 1.82) is 0 Å². The molecule has 1 unspecified atom stereocenters. The number of nitrogens with two attached hydrogens (primary N) is 1. The monoisotopic (exact) mass is 454 g/mol. The Morgan fingerprint density at radius 1 is 1.31 bits per heavy atom. The standard InChI is InChI=1S/C18H20N4O3.C2HF3O2/c1-21-16-12(6-3-2-4-11-19)7-5-8-13(16)22(18(21)25)14-9-10-15(23)20-17(14)24;3-2(4,5)1(6)7/h5,7-8,14H,2,4,9-11,19H2,1H3,(H,20,23,24);(H,6,7). The number of alkyl halides is 3. The van der Waals surface area contributed by atoms with Gasteiger partial charge in [-0.1, -0.05) is 17.9 Å². The molecule has 0 aliphatic carbocycles. The summed E-state index contributed by atoms with van der Waals surface area (Å²) in [5.41, 5.74) is 7.26. The molecule has 9 nitrogen and oxygen atoms in total. The maximum Gasteiger partial charge on any atom is 0.490 e. The van der Waals surface area contributed by atoms with Crippen molar-refractivity contribution in [3.05, 3.63) is 34.2 Å². The molecule has 1 fully saturated rings. The first-order valence-corrected chi connectivity index (χ1v) is 9.51. The fourth-order valence-corrected chi connectivity index (χ4v) is 3.12. The number of piperidine rings is 1. The maximum atomic E-state index is 12.7. The molecule has 1 aliphatic rings. The van der Waals surface area contributed by atoms with Crippen molar-refractivity contribution >= 4 is 28.8 Å². The molecule has 2 heterocycles. The third-order valence-corrected chi connectivity index (χ3v) is 4.60. The third-order valence-electron chi connectivity index (χ3n) is 4.60. The van der Waals surface area contributed by atoms with Gasteiger partial charge >= 0.3 is 17.8 Å². The van der Waals surface area contributed by atoms with Crippen molar-refractivity contribution in [3.8, 4) is 11.8 Å². The summed E-state index contributed by atoms with van der Waals surface area (Å²) in [6, 6.07) is 4.78. The van der Waals surface area contributed by atoms with E-state index in [-0.39, 0.29) is 18.0 Å². The van der Waals surface area contributed by atoms with Crippen LogP contribution in [0.2, 0.25) is 0 Å². The van der Waals surface area contributed by atoms with Gasteiger partial charge in [-0.3, -0.25) is 24.0 Å². The van der Waals surface area contributed by atoms with Gasteiger partial charge in [-0.2, -0.15) is 13.2 Å². The molecule has 0 spiro atoms. The molecule has 1 atom stereocenters. The average molecular weight is 454 g/mol. The molecule has 3 rings (SSSR count). The second-order valence-corrected chi connectivity index (χ2v) is 6.85. The van der Waals surface area contributed by atoms with Crippen LogP contribution < -0.4 is 16.7 Å². The number of para-hydroxylation sites is 1. The van der Waals surface area contributed by atoms with E-state index in [0.717, 1.165) is 12.0 Å². The van der Waals surface area contributed by atoms with E-state index in [9.17, 15) is 27.6 Å². The molecule has 0 radical (unpaired) electrons. The summed E-state index contributed by atoms with van der Waals surface area (Å²) in [6.45, 7) is 0.587. The number of nitrogens with one attached hydrogen (secondary N) is 1. The number of fused-ring (bicyclic) bond motifs is 1. The zero-order valence-electron chi connectivity index (χ0n) is 17.0. The Balaban J connectivity index is 0.000000451. The largest absolute Gasteiger partial charge is 0.490 e. The van der Waals surface area contributed by atoms with Crippen LogP contribution in [0.15, 0.2) is 23.0 Å². The lowest BCUT2D eigenvalue weighted by atomic mass is 10.1. The number of carbonyl (C=O) groups is 3. The van der Waals surface area contributed by atoms with Crippen LogP contribution in [0, 0.1) is 11.8 Å². The number of aliphatic carboxylic acids is 1. The quantitative estimate of drug-likeness (QED) is 0.360. The highest BCUT2D eigenvalue weighted by Gasteiger charge is 2.38. The van der Waals surface area contributed by atoms with Crippen LogP contribution in [0.3, 0.4) is 0 Å². The Morgan fingerprint density at radius 2 is 1.97 bits per heavy atom. The van der Waals surface area contributed by atoms with Crippen LogP contribution in [-0.2, 0) is 21.4 Å². The van der Waals surface area contributed by atoms with Gasteiger partial charge in [0.2, 0.25) is 11.8 Å². The minimum Gasteiger partial charge on any atom is -0.475 e. The van der Waals surface area contributed by atoms with E-state index in [2.05, 4.69) is 17.2 Å². The molecule has 2 amide bonds. The molecule has 32 heavy (non-hydrogen) atoms. The summed E-state index contributed by atoms with van der Waals surface area (Å²) in [6.07, 6.45) is -3.04. The van der Waals surface area contributed by atoms with Gasteiger partial charge in [0, 0.05) is 19.9 Å². The van der Waals surface area contributed by atoms with Gasteiger partial charge in [0.05, 0.1) is 16.6 Å². The first kappa shape index (κ1) is 24.7. The van der Waals surface area contributed by atoms with Crippen molar-refractivity contribution in [1.82, 2.24) is 14.5 Å². The van der Waals surface area contributed by atoms with Crippen LogP contribution in [0.25, 0.3) is 11.0 Å². The Kier molecular flexibility index (Phi) is 7.82. The van der Waals surface area contributed by atoms with Crippen molar-refractivity contribution in [2.75, 3.05) is 6.54 Å². The van der Waals surface area contributed by atoms with Crippen molar-refractivity contribution in [3.63, 3.8) is 0 Å². The van der Waals surface area contributed by atoms with Gasteiger partial charge in [-0.15, -0.1) is 0 Å². The minimum atomic E-state index is -5.08. The number of rotatable bonds is 3. The highest BCUT2D eigenvalue weighted by atomic mass is 19.4. The number of carboxylic acid groups (broad SMARTS) is 1. The van der Waals surface area contributed by atoms with E-state index < -0.39 is 24.1 Å². The molecule has 1 aromatic carbocycles. The number of amides is 2. The fraction of sp³-hybridized carbons (Fsp3) is 0.400. The van der Waals surface area contributed by atoms with Crippen LogP contribution in [0.5, 0.6) is 0 Å². The lowest BCUT2D eigenvalue weighted by molar-refractivity contribution is -0.192. The molecular weight excluding hydrogens is 433 g/mol. The number of halogens is 3. The van der Waals surface area contributed by atoms with Crippen molar-refractivity contribution < 1.29 is 32.7 Å². The number of carboxylic acids is 1. The lowest BCUT2D eigenvalue weighted by Gasteiger charge is -2.21. The topological polar surface area (TPSA) is 136 Å². The molecule has 12 heteroatoms. The summed E-state index contributed by atoms with van der Waals surface area (Å²) >= 11 is 0. The number of hydrogen-bond acceptors (Lipinski definition) is 5. The predicted octanol–water partition coefficient (Wildman–Crippen LogP) is 1.04. The number of hydrogen-bond donors (Lipinski definition) is 3. The van der Waals surface area contributed by atoms with Gasteiger partial charge in [0.25, 0.3) is 0 Å². The average Bonchev–Trinajstić information content (AvgIpc) is 2.96. The third kappa shape index (κ3) is 5.55. The second-order valence-electron chi connectivity index (χ2n) is 6.85. The molecule has 1 aliphatic heterocycles. The summed E-state index contributed by atoms with van der Waals surface area (Å²) < 4.78 is 34.7. The molecule has 0 saturated carbocycles. The lowest BCUT2D eigenvalue weighted by Crippen LogP contribution is -2.44. The first-order chi connectivity index (χ1) is 15.0. The van der Waals surface area contributed by atoms with Crippen LogP contribution in [-0.4, -0.2) is 44.7 Å². The van der Waals surface area contributed by atoms with E-state index >= 15 is 0 Å².